The largest absolute Gasteiger partial charge is 0.0795 e. The molecule has 114 valence electrons. The highest BCUT2D eigenvalue weighted by atomic mass is 32.1. The Labute approximate surface area is 139 Å². The van der Waals surface area contributed by atoms with Crippen LogP contribution in [-0.2, 0) is 19.3 Å². The summed E-state index contributed by atoms with van der Waals surface area (Å²) in [6.07, 6.45) is 7.47. The van der Waals surface area contributed by atoms with Gasteiger partial charge in [0.1, 0.15) is 0 Å². The van der Waals surface area contributed by atoms with Crippen LogP contribution in [0.1, 0.15) is 48.6 Å². The van der Waals surface area contributed by atoms with Gasteiger partial charge in [-0.05, 0) is 53.2 Å². The first-order chi connectivity index (χ1) is 10.7. The molecule has 0 saturated heterocycles. The first kappa shape index (κ1) is 16.6. The molecule has 0 aliphatic rings. The summed E-state index contributed by atoms with van der Waals surface area (Å²) in [5.74, 6) is 0. The van der Waals surface area contributed by atoms with Crippen molar-refractivity contribution in [1.29, 1.82) is 0 Å². The maximum Gasteiger partial charge on any atom is 0.0449 e. The maximum atomic E-state index is 5.50. The zero-order valence-electron chi connectivity index (χ0n) is 13.7. The second kappa shape index (κ2) is 8.05. The van der Waals surface area contributed by atoms with E-state index >= 15 is 0 Å². The third-order valence-corrected chi connectivity index (χ3v) is 4.43. The molecule has 0 bridgehead atoms. The predicted molar refractivity (Wildman–Crippen MR) is 102 cm³/mol. The highest BCUT2D eigenvalue weighted by Crippen LogP contribution is 2.21. The lowest BCUT2D eigenvalue weighted by atomic mass is 9.92. The van der Waals surface area contributed by atoms with Gasteiger partial charge < -0.3 is 0 Å². The van der Waals surface area contributed by atoms with Crippen LogP contribution in [0.2, 0.25) is 0 Å². The van der Waals surface area contributed by atoms with Crippen LogP contribution in [-0.4, -0.2) is 4.86 Å². The Hall–Kier alpha value is -1.73. The smallest absolute Gasteiger partial charge is 0.0449 e. The van der Waals surface area contributed by atoms with E-state index in [1.54, 1.807) is 0 Å². The number of allylic oxidation sites excluding steroid dienone is 1. The molecule has 0 unspecified atom stereocenters. The molecule has 0 aromatic heterocycles. The summed E-state index contributed by atoms with van der Waals surface area (Å²) in [4.78, 5) is 0.885. The Bertz CT molecular complexity index is 641. The number of thiocarbonyl (C=S) groups is 1. The van der Waals surface area contributed by atoms with Gasteiger partial charge >= 0.3 is 0 Å². The van der Waals surface area contributed by atoms with Crippen LogP contribution >= 0.6 is 12.2 Å². The third-order valence-electron chi connectivity index (χ3n) is 4.06. The van der Waals surface area contributed by atoms with Crippen molar-refractivity contribution in [3.8, 4) is 0 Å². The number of rotatable bonds is 6. The fourth-order valence-corrected chi connectivity index (χ4v) is 3.08. The van der Waals surface area contributed by atoms with Crippen LogP contribution in [0, 0.1) is 0 Å². The molecule has 0 nitrogen and oxygen atoms in total. The van der Waals surface area contributed by atoms with E-state index in [9.17, 15) is 0 Å². The average Bonchev–Trinajstić information content (AvgIpc) is 2.59. The molecule has 0 atom stereocenters. The van der Waals surface area contributed by atoms with E-state index in [0.29, 0.717) is 0 Å². The zero-order chi connectivity index (χ0) is 15.9. The Morgan fingerprint density at radius 1 is 0.909 bits per heavy atom. The van der Waals surface area contributed by atoms with Crippen molar-refractivity contribution < 1.29 is 0 Å². The zero-order valence-corrected chi connectivity index (χ0v) is 14.5. The molecule has 0 N–H and O–H groups in total. The third kappa shape index (κ3) is 3.92. The minimum atomic E-state index is 0.885. The van der Waals surface area contributed by atoms with E-state index < -0.39 is 0 Å². The fraction of sp³-hybridized carbons (Fsp3) is 0.286. The van der Waals surface area contributed by atoms with Crippen LogP contribution in [0.3, 0.4) is 0 Å². The second-order valence-corrected chi connectivity index (χ2v) is 5.88. The predicted octanol–water partition coefficient (Wildman–Crippen LogP) is 5.81. The summed E-state index contributed by atoms with van der Waals surface area (Å²) in [6.45, 7) is 6.71. The van der Waals surface area contributed by atoms with Crippen molar-refractivity contribution in [2.75, 3.05) is 0 Å². The van der Waals surface area contributed by atoms with Crippen molar-refractivity contribution in [1.82, 2.24) is 0 Å². The van der Waals surface area contributed by atoms with Gasteiger partial charge in [-0.1, -0.05) is 81.5 Å². The highest BCUT2D eigenvalue weighted by molar-refractivity contribution is 7.81. The molecule has 2 rings (SSSR count). The summed E-state index contributed by atoms with van der Waals surface area (Å²) in [6, 6.07) is 14.8. The Morgan fingerprint density at radius 3 is 2.00 bits per heavy atom. The summed E-state index contributed by atoms with van der Waals surface area (Å²) in [5, 5.41) is 0. The molecular weight excluding hydrogens is 284 g/mol. The van der Waals surface area contributed by atoms with Crippen molar-refractivity contribution in [2.45, 2.75) is 40.0 Å². The standard InChI is InChI=1S/C21H24S/c1-4-17-14-16(15-18(5-2)20(17)6-3)12-13-21(22)19-10-8-7-9-11-19/h7-15H,4-6H2,1-3H3. The summed E-state index contributed by atoms with van der Waals surface area (Å²) in [5.41, 5.74) is 6.81. The molecule has 0 saturated carbocycles. The van der Waals surface area contributed by atoms with Crippen LogP contribution in [0.4, 0.5) is 0 Å². The minimum Gasteiger partial charge on any atom is -0.0795 e. The van der Waals surface area contributed by atoms with Gasteiger partial charge in [0.05, 0.1) is 0 Å². The van der Waals surface area contributed by atoms with E-state index in [4.69, 9.17) is 12.2 Å². The van der Waals surface area contributed by atoms with Gasteiger partial charge in [-0.25, -0.2) is 0 Å². The van der Waals surface area contributed by atoms with Gasteiger partial charge in [-0.2, -0.15) is 0 Å². The first-order valence-electron chi connectivity index (χ1n) is 8.11. The van der Waals surface area contributed by atoms with Crippen LogP contribution in [0.15, 0.2) is 48.5 Å². The molecule has 0 fully saturated rings. The molecule has 1 heteroatoms. The molecule has 0 aliphatic carbocycles. The molecule has 0 spiro atoms. The molecular formula is C21H24S. The van der Waals surface area contributed by atoms with Crippen LogP contribution in [0.5, 0.6) is 0 Å². The number of benzene rings is 2. The Morgan fingerprint density at radius 2 is 1.50 bits per heavy atom. The van der Waals surface area contributed by atoms with Gasteiger partial charge in [-0.3, -0.25) is 0 Å². The Balaban J connectivity index is 2.29. The number of aryl methyl sites for hydroxylation is 2. The van der Waals surface area contributed by atoms with E-state index in [1.807, 2.05) is 24.3 Å². The van der Waals surface area contributed by atoms with Gasteiger partial charge in [0.25, 0.3) is 0 Å². The van der Waals surface area contributed by atoms with Gasteiger partial charge in [0.2, 0.25) is 0 Å². The number of hydrogen-bond donors (Lipinski definition) is 0. The lowest BCUT2D eigenvalue weighted by molar-refractivity contribution is 0.980. The van der Waals surface area contributed by atoms with E-state index in [2.05, 4.69) is 51.1 Å². The lowest BCUT2D eigenvalue weighted by Gasteiger charge is -2.13. The molecule has 2 aromatic rings. The number of hydrogen-bond acceptors (Lipinski definition) is 1. The van der Waals surface area contributed by atoms with Crippen molar-refractivity contribution in [3.63, 3.8) is 0 Å². The van der Waals surface area contributed by atoms with Gasteiger partial charge in [0.15, 0.2) is 0 Å². The minimum absolute atomic E-state index is 0.885. The van der Waals surface area contributed by atoms with Gasteiger partial charge in [0, 0.05) is 4.86 Å². The van der Waals surface area contributed by atoms with Crippen LogP contribution in [0.25, 0.3) is 6.08 Å². The lowest BCUT2D eigenvalue weighted by Crippen LogP contribution is -1.99. The Kier molecular flexibility index (Phi) is 6.09. The highest BCUT2D eigenvalue weighted by Gasteiger charge is 2.06. The molecule has 22 heavy (non-hydrogen) atoms. The maximum absolute atomic E-state index is 5.50. The second-order valence-electron chi connectivity index (χ2n) is 5.44. The normalized spacial score (nSPS) is 11.0. The molecule has 0 radical (unpaired) electrons. The fourth-order valence-electron chi connectivity index (χ4n) is 2.88. The molecule has 0 aliphatic heterocycles. The molecule has 0 heterocycles. The topological polar surface area (TPSA) is 0 Å². The van der Waals surface area contributed by atoms with E-state index in [1.165, 1.54) is 22.3 Å². The van der Waals surface area contributed by atoms with E-state index in [-0.39, 0.29) is 0 Å². The quantitative estimate of drug-likeness (QED) is 0.369. The molecule has 2 aromatic carbocycles. The van der Waals surface area contributed by atoms with Crippen LogP contribution < -0.4 is 0 Å². The SMILES string of the molecule is CCc1cc(C=CC(=S)c2ccccc2)cc(CC)c1CC. The summed E-state index contributed by atoms with van der Waals surface area (Å²) in [7, 11) is 0. The average molecular weight is 308 g/mol. The first-order valence-corrected chi connectivity index (χ1v) is 8.52. The summed E-state index contributed by atoms with van der Waals surface area (Å²) < 4.78 is 0. The molecule has 0 amide bonds. The van der Waals surface area contributed by atoms with E-state index in [0.717, 1.165) is 29.7 Å². The van der Waals surface area contributed by atoms with Gasteiger partial charge in [-0.15, -0.1) is 0 Å². The van der Waals surface area contributed by atoms with Crippen molar-refractivity contribution >= 4 is 23.2 Å². The summed E-state index contributed by atoms with van der Waals surface area (Å²) >= 11 is 5.50. The monoisotopic (exact) mass is 308 g/mol. The van der Waals surface area contributed by atoms with Crippen molar-refractivity contribution in [3.05, 3.63) is 76.4 Å². The van der Waals surface area contributed by atoms with Crippen molar-refractivity contribution in [2.24, 2.45) is 0 Å².